The van der Waals surface area contributed by atoms with E-state index in [4.69, 9.17) is 0 Å². The maximum absolute atomic E-state index is 12.3. The Morgan fingerprint density at radius 1 is 1.22 bits per heavy atom. The van der Waals surface area contributed by atoms with Gasteiger partial charge in [0.2, 0.25) is 5.91 Å². The van der Waals surface area contributed by atoms with Crippen LogP contribution in [0.3, 0.4) is 0 Å². The van der Waals surface area contributed by atoms with Gasteiger partial charge < -0.3 is 15.0 Å². The first kappa shape index (κ1) is 15.1. The second-order valence-corrected chi connectivity index (χ2v) is 5.52. The highest BCUT2D eigenvalue weighted by Gasteiger charge is 2.16. The number of nitrogens with zero attached hydrogens (tertiary/aromatic N) is 2. The average molecular weight is 309 g/mol. The van der Waals surface area contributed by atoms with Crippen LogP contribution >= 0.6 is 0 Å². The van der Waals surface area contributed by atoms with Gasteiger partial charge in [0.1, 0.15) is 11.8 Å². The summed E-state index contributed by atoms with van der Waals surface area (Å²) in [5, 5.41) is 12.2. The highest BCUT2D eigenvalue weighted by Crippen LogP contribution is 2.17. The van der Waals surface area contributed by atoms with E-state index >= 15 is 0 Å². The van der Waals surface area contributed by atoms with Crippen molar-refractivity contribution >= 4 is 16.9 Å². The van der Waals surface area contributed by atoms with Gasteiger partial charge in [-0.15, -0.1) is 0 Å². The van der Waals surface area contributed by atoms with E-state index in [1.165, 1.54) is 0 Å². The van der Waals surface area contributed by atoms with Gasteiger partial charge in [-0.05, 0) is 43.2 Å². The second kappa shape index (κ2) is 6.52. The number of phenols is 1. The predicted molar refractivity (Wildman–Crippen MR) is 89.3 cm³/mol. The molecule has 1 heterocycles. The molecule has 2 N–H and O–H groups in total. The maximum Gasteiger partial charge on any atom is 0.242 e. The number of rotatable bonds is 5. The molecule has 5 heteroatoms. The lowest BCUT2D eigenvalue weighted by Crippen LogP contribution is -2.32. The molecule has 3 rings (SSSR count). The van der Waals surface area contributed by atoms with Gasteiger partial charge in [0.25, 0.3) is 0 Å². The lowest BCUT2D eigenvalue weighted by molar-refractivity contribution is -0.123. The molecular formula is C18H19N3O2. The Morgan fingerprint density at radius 2 is 1.96 bits per heavy atom. The van der Waals surface area contributed by atoms with Crippen molar-refractivity contribution in [1.29, 1.82) is 0 Å². The molecule has 0 radical (unpaired) electrons. The van der Waals surface area contributed by atoms with Crippen LogP contribution < -0.4 is 5.32 Å². The molecule has 2 aromatic carbocycles. The zero-order chi connectivity index (χ0) is 16.2. The summed E-state index contributed by atoms with van der Waals surface area (Å²) < 4.78 is 1.88. The zero-order valence-corrected chi connectivity index (χ0v) is 12.9. The lowest BCUT2D eigenvalue weighted by atomic mass is 10.1. The number of nitrogens with one attached hydrogen (secondary N) is 1. The first-order chi connectivity index (χ1) is 11.1. The van der Waals surface area contributed by atoms with Crippen LogP contribution in [0.1, 0.15) is 18.5 Å². The number of fused-ring (bicyclic) bond motifs is 1. The first-order valence-corrected chi connectivity index (χ1v) is 7.62. The van der Waals surface area contributed by atoms with Crippen LogP contribution in [0.2, 0.25) is 0 Å². The molecule has 0 bridgehead atoms. The molecule has 1 atom stereocenters. The minimum atomic E-state index is -0.317. The Kier molecular flexibility index (Phi) is 4.28. The van der Waals surface area contributed by atoms with Crippen molar-refractivity contribution in [3.8, 4) is 5.75 Å². The average Bonchev–Trinajstić information content (AvgIpc) is 3.00. The summed E-state index contributed by atoms with van der Waals surface area (Å²) >= 11 is 0. The van der Waals surface area contributed by atoms with E-state index in [-0.39, 0.29) is 17.7 Å². The molecule has 5 nitrogen and oxygen atoms in total. The molecule has 1 amide bonds. The number of carbonyl (C=O) groups is 1. The van der Waals surface area contributed by atoms with Crippen molar-refractivity contribution in [2.24, 2.45) is 0 Å². The van der Waals surface area contributed by atoms with Gasteiger partial charge in [-0.1, -0.05) is 24.3 Å². The van der Waals surface area contributed by atoms with Crippen molar-refractivity contribution in [2.75, 3.05) is 6.54 Å². The number of amides is 1. The molecule has 0 fully saturated rings. The standard InChI is InChI=1S/C18H19N3O2/c1-13(21-12-20-16-4-2-3-5-17(16)21)18(23)19-11-10-14-6-8-15(22)9-7-14/h2-9,12-13,22H,10-11H2,1H3,(H,19,23)/t13-/m1/s1. The number of hydrogen-bond donors (Lipinski definition) is 2. The number of aromatic hydroxyl groups is 1. The van der Waals surface area contributed by atoms with Crippen molar-refractivity contribution in [3.05, 3.63) is 60.4 Å². The molecule has 23 heavy (non-hydrogen) atoms. The Balaban J connectivity index is 1.60. The van der Waals surface area contributed by atoms with Crippen molar-refractivity contribution < 1.29 is 9.90 Å². The number of hydrogen-bond acceptors (Lipinski definition) is 3. The minimum absolute atomic E-state index is 0.0352. The van der Waals surface area contributed by atoms with E-state index in [1.807, 2.05) is 47.9 Å². The van der Waals surface area contributed by atoms with E-state index in [2.05, 4.69) is 10.3 Å². The monoisotopic (exact) mass is 309 g/mol. The van der Waals surface area contributed by atoms with Gasteiger partial charge in [-0.2, -0.15) is 0 Å². The van der Waals surface area contributed by atoms with E-state index in [1.54, 1.807) is 18.5 Å². The van der Waals surface area contributed by atoms with Crippen molar-refractivity contribution in [1.82, 2.24) is 14.9 Å². The van der Waals surface area contributed by atoms with Crippen molar-refractivity contribution in [3.63, 3.8) is 0 Å². The lowest BCUT2D eigenvalue weighted by Gasteiger charge is -2.14. The third-order valence-corrected chi connectivity index (χ3v) is 3.93. The van der Waals surface area contributed by atoms with E-state index in [0.29, 0.717) is 6.54 Å². The quantitative estimate of drug-likeness (QED) is 0.761. The number of phenolic OH excluding ortho intramolecular Hbond substituents is 1. The van der Waals surface area contributed by atoms with Gasteiger partial charge in [0.15, 0.2) is 0 Å². The SMILES string of the molecule is C[C@H](C(=O)NCCc1ccc(O)cc1)n1cnc2ccccc21. The normalized spacial score (nSPS) is 12.2. The van der Waals surface area contributed by atoms with E-state index < -0.39 is 0 Å². The first-order valence-electron chi connectivity index (χ1n) is 7.62. The van der Waals surface area contributed by atoms with Crippen LogP contribution in [0.4, 0.5) is 0 Å². The second-order valence-electron chi connectivity index (χ2n) is 5.52. The largest absolute Gasteiger partial charge is 0.508 e. The molecule has 0 saturated carbocycles. The van der Waals surface area contributed by atoms with Crippen molar-refractivity contribution in [2.45, 2.75) is 19.4 Å². The number of aromatic nitrogens is 2. The molecule has 0 aliphatic carbocycles. The molecule has 0 saturated heterocycles. The minimum Gasteiger partial charge on any atom is -0.508 e. The van der Waals surface area contributed by atoms with Crippen LogP contribution in [-0.2, 0) is 11.2 Å². The summed E-state index contributed by atoms with van der Waals surface area (Å²) in [5.41, 5.74) is 2.91. The number of carbonyl (C=O) groups excluding carboxylic acids is 1. The Bertz CT molecular complexity index is 809. The molecule has 0 aliphatic rings. The molecule has 0 aliphatic heterocycles. The van der Waals surface area contributed by atoms with Gasteiger partial charge >= 0.3 is 0 Å². The summed E-state index contributed by atoms with van der Waals surface area (Å²) in [5.74, 6) is 0.213. The fourth-order valence-corrected chi connectivity index (χ4v) is 2.55. The molecular weight excluding hydrogens is 290 g/mol. The highest BCUT2D eigenvalue weighted by molar-refractivity contribution is 5.83. The van der Waals surface area contributed by atoms with Gasteiger partial charge in [0, 0.05) is 6.54 Å². The van der Waals surface area contributed by atoms with E-state index in [0.717, 1.165) is 23.0 Å². The molecule has 1 aromatic heterocycles. The summed E-state index contributed by atoms with van der Waals surface area (Å²) in [6.45, 7) is 2.42. The Labute approximate surface area is 134 Å². The van der Waals surface area contributed by atoms with Crippen LogP contribution in [-0.4, -0.2) is 27.1 Å². The third-order valence-electron chi connectivity index (χ3n) is 3.93. The zero-order valence-electron chi connectivity index (χ0n) is 12.9. The topological polar surface area (TPSA) is 67.2 Å². The fourth-order valence-electron chi connectivity index (χ4n) is 2.55. The summed E-state index contributed by atoms with van der Waals surface area (Å²) in [7, 11) is 0. The highest BCUT2D eigenvalue weighted by atomic mass is 16.3. The predicted octanol–water partition coefficient (Wildman–Crippen LogP) is 2.66. The van der Waals surface area contributed by atoms with Gasteiger partial charge in [-0.25, -0.2) is 4.98 Å². The number of para-hydroxylation sites is 2. The summed E-state index contributed by atoms with van der Waals surface area (Å²) in [6.07, 6.45) is 2.43. The smallest absolute Gasteiger partial charge is 0.242 e. The summed E-state index contributed by atoms with van der Waals surface area (Å²) in [4.78, 5) is 16.6. The summed E-state index contributed by atoms with van der Waals surface area (Å²) in [6, 6.07) is 14.5. The van der Waals surface area contributed by atoms with Crippen LogP contribution in [0, 0.1) is 0 Å². The molecule has 3 aromatic rings. The molecule has 0 unspecified atom stereocenters. The number of imidazole rings is 1. The third kappa shape index (κ3) is 3.34. The fraction of sp³-hybridized carbons (Fsp3) is 0.222. The molecule has 0 spiro atoms. The van der Waals surface area contributed by atoms with Crippen LogP contribution in [0.25, 0.3) is 11.0 Å². The number of benzene rings is 2. The van der Waals surface area contributed by atoms with E-state index in [9.17, 15) is 9.90 Å². The molecule has 118 valence electrons. The van der Waals surface area contributed by atoms with Gasteiger partial charge in [-0.3, -0.25) is 4.79 Å². The van der Waals surface area contributed by atoms with Crippen LogP contribution in [0.15, 0.2) is 54.9 Å². The Hall–Kier alpha value is -2.82. The van der Waals surface area contributed by atoms with Gasteiger partial charge in [0.05, 0.1) is 17.4 Å². The maximum atomic E-state index is 12.3. The van der Waals surface area contributed by atoms with Crippen LogP contribution in [0.5, 0.6) is 5.75 Å². The Morgan fingerprint density at radius 3 is 2.74 bits per heavy atom.